The zero-order valence-electron chi connectivity index (χ0n) is 18.9. The molecule has 0 atom stereocenters. The Morgan fingerprint density at radius 1 is 0.794 bits per heavy atom. The van der Waals surface area contributed by atoms with Gasteiger partial charge in [0.05, 0.1) is 11.9 Å². The van der Waals surface area contributed by atoms with Crippen molar-refractivity contribution in [2.24, 2.45) is 0 Å². The van der Waals surface area contributed by atoms with Crippen molar-refractivity contribution in [3.8, 4) is 11.1 Å². The SMILES string of the molecule is Nc1cnccc1CC(=O)c1ccc(CNC(=O)CCc2ccc(-c3ccccc3)cc2)cc1. The monoisotopic (exact) mass is 449 g/mol. The summed E-state index contributed by atoms with van der Waals surface area (Å²) in [6, 6.07) is 27.6. The number of ketones is 1. The van der Waals surface area contributed by atoms with Gasteiger partial charge in [-0.1, -0.05) is 78.9 Å². The van der Waals surface area contributed by atoms with Crippen LogP contribution in [0.4, 0.5) is 5.69 Å². The summed E-state index contributed by atoms with van der Waals surface area (Å²) >= 11 is 0. The Bertz CT molecular complexity index is 1250. The molecule has 0 fully saturated rings. The first-order chi connectivity index (χ1) is 16.6. The van der Waals surface area contributed by atoms with Crippen LogP contribution in [0.1, 0.15) is 33.5 Å². The largest absolute Gasteiger partial charge is 0.397 e. The fraction of sp³-hybridized carbons (Fsp3) is 0.138. The molecule has 0 unspecified atom stereocenters. The summed E-state index contributed by atoms with van der Waals surface area (Å²) in [7, 11) is 0. The van der Waals surface area contributed by atoms with E-state index in [1.165, 1.54) is 11.1 Å². The van der Waals surface area contributed by atoms with Crippen LogP contribution in [-0.4, -0.2) is 16.7 Å². The molecule has 0 aliphatic rings. The topological polar surface area (TPSA) is 85.1 Å². The summed E-state index contributed by atoms with van der Waals surface area (Å²) in [6.07, 6.45) is 4.52. The number of nitrogens with zero attached hydrogens (tertiary/aromatic N) is 1. The lowest BCUT2D eigenvalue weighted by atomic mass is 10.0. The maximum Gasteiger partial charge on any atom is 0.220 e. The number of rotatable bonds is 9. The van der Waals surface area contributed by atoms with Crippen molar-refractivity contribution >= 4 is 17.4 Å². The van der Waals surface area contributed by atoms with Crippen LogP contribution in [0.2, 0.25) is 0 Å². The Morgan fingerprint density at radius 2 is 1.47 bits per heavy atom. The standard InChI is InChI=1S/C29H27N3O2/c30-27-20-31-17-16-26(27)18-28(33)25-13-8-22(9-14-25)19-32-29(34)15-10-21-6-11-24(12-7-21)23-4-2-1-3-5-23/h1-9,11-14,16-17,20H,10,15,18-19,30H2,(H,32,34). The average molecular weight is 450 g/mol. The number of amides is 1. The van der Waals surface area contributed by atoms with Gasteiger partial charge < -0.3 is 11.1 Å². The summed E-state index contributed by atoms with van der Waals surface area (Å²) in [5.41, 5.74) is 12.2. The molecule has 5 heteroatoms. The van der Waals surface area contributed by atoms with Crippen molar-refractivity contribution in [3.63, 3.8) is 0 Å². The van der Waals surface area contributed by atoms with Crippen LogP contribution < -0.4 is 11.1 Å². The number of pyridine rings is 1. The highest BCUT2D eigenvalue weighted by atomic mass is 16.1. The first-order valence-electron chi connectivity index (χ1n) is 11.3. The maximum atomic E-state index is 12.5. The number of anilines is 1. The highest BCUT2D eigenvalue weighted by Gasteiger charge is 2.10. The second kappa shape index (κ2) is 11.1. The van der Waals surface area contributed by atoms with Crippen LogP contribution in [-0.2, 0) is 24.2 Å². The van der Waals surface area contributed by atoms with Gasteiger partial charge >= 0.3 is 0 Å². The molecule has 0 radical (unpaired) electrons. The van der Waals surface area contributed by atoms with Gasteiger partial charge in [0.1, 0.15) is 0 Å². The van der Waals surface area contributed by atoms with Crippen molar-refractivity contribution in [2.75, 3.05) is 5.73 Å². The molecule has 0 bridgehead atoms. The van der Waals surface area contributed by atoms with Crippen molar-refractivity contribution in [2.45, 2.75) is 25.8 Å². The summed E-state index contributed by atoms with van der Waals surface area (Å²) < 4.78 is 0. The van der Waals surface area contributed by atoms with E-state index < -0.39 is 0 Å². The molecule has 3 N–H and O–H groups in total. The Balaban J connectivity index is 1.23. The predicted octanol–water partition coefficient (Wildman–Crippen LogP) is 5.01. The van der Waals surface area contributed by atoms with Crippen molar-refractivity contribution in [3.05, 3.63) is 120 Å². The smallest absolute Gasteiger partial charge is 0.220 e. The van der Waals surface area contributed by atoms with E-state index in [4.69, 9.17) is 5.73 Å². The van der Waals surface area contributed by atoms with E-state index >= 15 is 0 Å². The number of hydrogen-bond donors (Lipinski definition) is 2. The van der Waals surface area contributed by atoms with Gasteiger partial charge in [0.2, 0.25) is 5.91 Å². The Hall–Kier alpha value is -4.25. The first-order valence-corrected chi connectivity index (χ1v) is 11.3. The molecular formula is C29H27N3O2. The van der Waals surface area contributed by atoms with Crippen molar-refractivity contribution < 1.29 is 9.59 Å². The highest BCUT2D eigenvalue weighted by molar-refractivity contribution is 5.98. The number of aryl methyl sites for hydroxylation is 1. The zero-order chi connectivity index (χ0) is 23.8. The number of aromatic nitrogens is 1. The lowest BCUT2D eigenvalue weighted by molar-refractivity contribution is -0.121. The second-order valence-corrected chi connectivity index (χ2v) is 8.21. The minimum atomic E-state index is -0.00762. The lowest BCUT2D eigenvalue weighted by Gasteiger charge is -2.08. The third-order valence-electron chi connectivity index (χ3n) is 5.76. The summed E-state index contributed by atoms with van der Waals surface area (Å²) in [4.78, 5) is 28.8. The van der Waals surface area contributed by atoms with Gasteiger partial charge in [-0.25, -0.2) is 0 Å². The molecular weight excluding hydrogens is 422 g/mol. The van der Waals surface area contributed by atoms with E-state index in [0.29, 0.717) is 30.6 Å². The first kappa shape index (κ1) is 22.9. The number of nitrogens with two attached hydrogens (primary N) is 1. The second-order valence-electron chi connectivity index (χ2n) is 8.21. The number of carbonyl (C=O) groups excluding carboxylic acids is 2. The molecule has 5 nitrogen and oxygen atoms in total. The van der Waals surface area contributed by atoms with Gasteiger partial charge in [-0.3, -0.25) is 14.6 Å². The number of carbonyl (C=O) groups is 2. The summed E-state index contributed by atoms with van der Waals surface area (Å²) in [6.45, 7) is 0.428. The Labute approximate surface area is 199 Å². The lowest BCUT2D eigenvalue weighted by Crippen LogP contribution is -2.23. The van der Waals surface area contributed by atoms with Gasteiger partial charge in [0.25, 0.3) is 0 Å². The number of nitrogen functional groups attached to an aromatic ring is 1. The van der Waals surface area contributed by atoms with Crippen LogP contribution >= 0.6 is 0 Å². The zero-order valence-corrected chi connectivity index (χ0v) is 18.9. The van der Waals surface area contributed by atoms with Crippen LogP contribution in [0.3, 0.4) is 0 Å². The molecule has 1 heterocycles. The Morgan fingerprint density at radius 3 is 2.18 bits per heavy atom. The van der Waals surface area contributed by atoms with Crippen LogP contribution in [0.5, 0.6) is 0 Å². The molecule has 1 amide bonds. The maximum absolute atomic E-state index is 12.5. The fourth-order valence-corrected chi connectivity index (χ4v) is 3.72. The third-order valence-corrected chi connectivity index (χ3v) is 5.76. The molecule has 1 aromatic heterocycles. The van der Waals surface area contributed by atoms with E-state index in [9.17, 15) is 9.59 Å². The predicted molar refractivity (Wildman–Crippen MR) is 135 cm³/mol. The minimum absolute atomic E-state index is 0.000418. The molecule has 4 rings (SSSR count). The van der Waals surface area contributed by atoms with E-state index in [1.54, 1.807) is 30.6 Å². The molecule has 34 heavy (non-hydrogen) atoms. The van der Waals surface area contributed by atoms with E-state index in [1.807, 2.05) is 30.3 Å². The van der Waals surface area contributed by atoms with E-state index in [-0.39, 0.29) is 18.1 Å². The highest BCUT2D eigenvalue weighted by Crippen LogP contribution is 2.20. The van der Waals surface area contributed by atoms with Gasteiger partial charge in [0, 0.05) is 31.1 Å². The molecule has 0 saturated heterocycles. The molecule has 0 spiro atoms. The van der Waals surface area contributed by atoms with Gasteiger partial charge in [-0.15, -0.1) is 0 Å². The third kappa shape index (κ3) is 6.17. The molecule has 170 valence electrons. The molecule has 4 aromatic rings. The molecule has 0 aliphatic heterocycles. The number of nitrogens with one attached hydrogen (secondary N) is 1. The molecule has 0 saturated carbocycles. The number of hydrogen-bond acceptors (Lipinski definition) is 4. The Kier molecular flexibility index (Phi) is 7.45. The normalized spacial score (nSPS) is 10.6. The van der Waals surface area contributed by atoms with Crippen LogP contribution in [0, 0.1) is 0 Å². The summed E-state index contributed by atoms with van der Waals surface area (Å²) in [5, 5.41) is 2.96. The van der Waals surface area contributed by atoms with Gasteiger partial charge in [0.15, 0.2) is 5.78 Å². The van der Waals surface area contributed by atoms with Crippen LogP contribution in [0.15, 0.2) is 97.3 Å². The van der Waals surface area contributed by atoms with E-state index in [2.05, 4.69) is 46.7 Å². The fourth-order valence-electron chi connectivity index (χ4n) is 3.72. The quantitative estimate of drug-likeness (QED) is 0.352. The number of benzene rings is 3. The summed E-state index contributed by atoms with van der Waals surface area (Å²) in [5.74, 6) is -0.00720. The number of Topliss-reactive ketones (excluding diaryl/α,β-unsaturated/α-hetero) is 1. The van der Waals surface area contributed by atoms with Gasteiger partial charge in [-0.2, -0.15) is 0 Å². The van der Waals surface area contributed by atoms with Crippen molar-refractivity contribution in [1.82, 2.24) is 10.3 Å². The minimum Gasteiger partial charge on any atom is -0.397 e. The average Bonchev–Trinajstić information content (AvgIpc) is 2.88. The van der Waals surface area contributed by atoms with E-state index in [0.717, 1.165) is 16.7 Å². The van der Waals surface area contributed by atoms with Gasteiger partial charge in [-0.05, 0) is 40.3 Å². The van der Waals surface area contributed by atoms with Crippen LogP contribution in [0.25, 0.3) is 11.1 Å². The molecule has 0 aliphatic carbocycles. The van der Waals surface area contributed by atoms with Crippen molar-refractivity contribution in [1.29, 1.82) is 0 Å². The molecule has 3 aromatic carbocycles.